The predicted octanol–water partition coefficient (Wildman–Crippen LogP) is -0.748. The Bertz CT molecular complexity index is 555. The maximum absolute atomic E-state index is 12.7. The number of hydrogen-bond acceptors (Lipinski definition) is 5. The Morgan fingerprint density at radius 3 is 2.86 bits per heavy atom. The number of carboxylic acids is 1. The number of nitrogens with zero attached hydrogens (tertiary/aromatic N) is 4. The van der Waals surface area contributed by atoms with Gasteiger partial charge in [0.2, 0.25) is 0 Å². The molecule has 0 radical (unpaired) electrons. The number of aliphatic carboxylic acids is 1. The highest BCUT2D eigenvalue weighted by atomic mass is 16.4. The maximum Gasteiger partial charge on any atom is 0.322 e. The molecule has 0 aromatic carbocycles. The highest BCUT2D eigenvalue weighted by Crippen LogP contribution is 2.10. The zero-order chi connectivity index (χ0) is 16.3. The molecule has 1 aromatic heterocycles. The number of aryl methyl sites for hydroxylation is 1. The van der Waals surface area contributed by atoms with Gasteiger partial charge in [0, 0.05) is 26.2 Å². The fourth-order valence-electron chi connectivity index (χ4n) is 2.44. The number of nitrogens with one attached hydrogen (secondary N) is 1. The summed E-state index contributed by atoms with van der Waals surface area (Å²) in [6, 6.07) is 1.05. The molecule has 1 aliphatic rings. The molecule has 1 atom stereocenters. The molecular formula is C14H23N5O3. The van der Waals surface area contributed by atoms with E-state index in [-0.39, 0.29) is 12.5 Å². The van der Waals surface area contributed by atoms with Gasteiger partial charge in [0.25, 0.3) is 5.91 Å². The summed E-state index contributed by atoms with van der Waals surface area (Å²) in [5, 5.41) is 16.3. The summed E-state index contributed by atoms with van der Waals surface area (Å²) in [7, 11) is 3.93. The third kappa shape index (κ3) is 3.83. The van der Waals surface area contributed by atoms with Gasteiger partial charge in [-0.2, -0.15) is 5.10 Å². The van der Waals surface area contributed by atoms with Crippen LogP contribution in [-0.2, 0) is 11.3 Å². The molecule has 2 N–H and O–H groups in total. The normalized spacial score (nSPS) is 18.7. The largest absolute Gasteiger partial charge is 0.480 e. The van der Waals surface area contributed by atoms with Crippen LogP contribution in [0.1, 0.15) is 16.2 Å². The molecule has 8 heteroatoms. The van der Waals surface area contributed by atoms with Crippen molar-refractivity contribution in [1.29, 1.82) is 0 Å². The maximum atomic E-state index is 12.7. The van der Waals surface area contributed by atoms with E-state index < -0.39 is 12.0 Å². The van der Waals surface area contributed by atoms with E-state index in [1.165, 1.54) is 0 Å². The monoisotopic (exact) mass is 309 g/mol. The van der Waals surface area contributed by atoms with Crippen molar-refractivity contribution in [2.24, 2.45) is 0 Å². The molecule has 22 heavy (non-hydrogen) atoms. The first kappa shape index (κ1) is 16.4. The second-order valence-corrected chi connectivity index (χ2v) is 5.79. The van der Waals surface area contributed by atoms with Crippen LogP contribution in [0.2, 0.25) is 0 Å². The van der Waals surface area contributed by atoms with E-state index in [4.69, 9.17) is 5.11 Å². The summed E-state index contributed by atoms with van der Waals surface area (Å²) in [4.78, 5) is 27.4. The van der Waals surface area contributed by atoms with Crippen LogP contribution in [-0.4, -0.2) is 82.9 Å². The van der Waals surface area contributed by atoms with E-state index >= 15 is 0 Å². The molecule has 2 rings (SSSR count). The lowest BCUT2D eigenvalue weighted by Crippen LogP contribution is -2.55. The van der Waals surface area contributed by atoms with Crippen molar-refractivity contribution in [1.82, 2.24) is 24.9 Å². The van der Waals surface area contributed by atoms with Gasteiger partial charge in [-0.25, -0.2) is 0 Å². The first-order valence-corrected chi connectivity index (χ1v) is 7.33. The van der Waals surface area contributed by atoms with Crippen LogP contribution < -0.4 is 5.32 Å². The summed E-state index contributed by atoms with van der Waals surface area (Å²) < 4.78 is 1.70. The number of aromatic nitrogens is 2. The fraction of sp³-hybridized carbons (Fsp3) is 0.643. The molecule has 2 heterocycles. The minimum atomic E-state index is -0.935. The predicted molar refractivity (Wildman–Crippen MR) is 80.8 cm³/mol. The van der Waals surface area contributed by atoms with E-state index in [0.717, 1.165) is 12.2 Å². The van der Waals surface area contributed by atoms with E-state index in [0.29, 0.717) is 25.3 Å². The molecule has 1 fully saturated rings. The molecule has 1 saturated heterocycles. The van der Waals surface area contributed by atoms with Gasteiger partial charge in [-0.1, -0.05) is 0 Å². The third-order valence-electron chi connectivity index (χ3n) is 3.64. The van der Waals surface area contributed by atoms with Crippen LogP contribution in [0.5, 0.6) is 0 Å². The van der Waals surface area contributed by atoms with E-state index in [1.54, 1.807) is 15.6 Å². The molecule has 0 saturated carbocycles. The Labute approximate surface area is 129 Å². The Balaban J connectivity index is 2.13. The summed E-state index contributed by atoms with van der Waals surface area (Å²) in [6.07, 6.45) is 0. The zero-order valence-corrected chi connectivity index (χ0v) is 13.2. The minimum absolute atomic E-state index is 0.160. The number of rotatable bonds is 5. The van der Waals surface area contributed by atoms with Crippen LogP contribution in [0.4, 0.5) is 0 Å². The lowest BCUT2D eigenvalue weighted by atomic mass is 10.2. The molecular weight excluding hydrogens is 286 g/mol. The second-order valence-electron chi connectivity index (χ2n) is 5.79. The van der Waals surface area contributed by atoms with Crippen molar-refractivity contribution in [3.8, 4) is 0 Å². The smallest absolute Gasteiger partial charge is 0.322 e. The molecule has 1 aliphatic heterocycles. The Hall–Kier alpha value is -1.93. The van der Waals surface area contributed by atoms with Gasteiger partial charge in [0.15, 0.2) is 0 Å². The topological polar surface area (TPSA) is 90.7 Å². The molecule has 0 bridgehead atoms. The van der Waals surface area contributed by atoms with Crippen molar-refractivity contribution >= 4 is 11.9 Å². The number of carboxylic acid groups (broad SMARTS) is 1. The standard InChI is InChI=1S/C14H23N5O3/c1-10-8-12(19(16-10)7-6-17(2)3)13(20)18-5-4-15-11(9-18)14(21)22/h8,11,15H,4-7,9H2,1-3H3,(H,21,22). The van der Waals surface area contributed by atoms with Crippen molar-refractivity contribution in [3.05, 3.63) is 17.5 Å². The molecule has 122 valence electrons. The van der Waals surface area contributed by atoms with Crippen molar-refractivity contribution in [3.63, 3.8) is 0 Å². The molecule has 1 amide bonds. The lowest BCUT2D eigenvalue weighted by molar-refractivity contribution is -0.140. The number of hydrogen-bond donors (Lipinski definition) is 2. The fourth-order valence-corrected chi connectivity index (χ4v) is 2.44. The summed E-state index contributed by atoms with van der Waals surface area (Å²) in [5.41, 5.74) is 1.30. The van der Waals surface area contributed by atoms with Crippen LogP contribution >= 0.6 is 0 Å². The lowest BCUT2D eigenvalue weighted by Gasteiger charge is -2.31. The SMILES string of the molecule is Cc1cc(C(=O)N2CCNC(C(=O)O)C2)n(CCN(C)C)n1. The summed E-state index contributed by atoms with van der Waals surface area (Å²) in [5.74, 6) is -1.10. The van der Waals surface area contributed by atoms with Crippen molar-refractivity contribution < 1.29 is 14.7 Å². The zero-order valence-electron chi connectivity index (χ0n) is 13.2. The van der Waals surface area contributed by atoms with Crippen molar-refractivity contribution in [2.45, 2.75) is 19.5 Å². The van der Waals surface area contributed by atoms with Crippen LogP contribution in [0.3, 0.4) is 0 Å². The number of likely N-dealkylation sites (N-methyl/N-ethyl adjacent to an activating group) is 1. The van der Waals surface area contributed by atoms with Gasteiger partial charge in [-0.15, -0.1) is 0 Å². The third-order valence-corrected chi connectivity index (χ3v) is 3.64. The van der Waals surface area contributed by atoms with Gasteiger partial charge in [0.05, 0.1) is 12.2 Å². The molecule has 1 unspecified atom stereocenters. The molecule has 8 nitrogen and oxygen atoms in total. The quantitative estimate of drug-likeness (QED) is 0.744. The second kappa shape index (κ2) is 6.89. The number of carbonyl (C=O) groups is 2. The summed E-state index contributed by atoms with van der Waals surface area (Å²) >= 11 is 0. The molecule has 1 aromatic rings. The highest BCUT2D eigenvalue weighted by molar-refractivity contribution is 5.93. The van der Waals surface area contributed by atoms with Gasteiger partial charge in [-0.3, -0.25) is 14.3 Å². The number of carbonyl (C=O) groups excluding carboxylic acids is 1. The molecule has 0 aliphatic carbocycles. The Kier molecular flexibility index (Phi) is 5.15. The van der Waals surface area contributed by atoms with Crippen LogP contribution in [0, 0.1) is 6.92 Å². The van der Waals surface area contributed by atoms with Crippen LogP contribution in [0.15, 0.2) is 6.07 Å². The number of piperazine rings is 1. The van der Waals surface area contributed by atoms with Gasteiger partial charge >= 0.3 is 5.97 Å². The van der Waals surface area contributed by atoms with E-state index in [1.807, 2.05) is 25.9 Å². The molecule has 0 spiro atoms. The minimum Gasteiger partial charge on any atom is -0.480 e. The Morgan fingerprint density at radius 1 is 1.50 bits per heavy atom. The Morgan fingerprint density at radius 2 is 2.23 bits per heavy atom. The average molecular weight is 309 g/mol. The van der Waals surface area contributed by atoms with Gasteiger partial charge < -0.3 is 20.2 Å². The van der Waals surface area contributed by atoms with Gasteiger partial charge in [0.1, 0.15) is 11.7 Å². The van der Waals surface area contributed by atoms with E-state index in [2.05, 4.69) is 10.4 Å². The first-order valence-electron chi connectivity index (χ1n) is 7.33. The van der Waals surface area contributed by atoms with Gasteiger partial charge in [-0.05, 0) is 27.1 Å². The highest BCUT2D eigenvalue weighted by Gasteiger charge is 2.29. The van der Waals surface area contributed by atoms with Crippen molar-refractivity contribution in [2.75, 3.05) is 40.3 Å². The van der Waals surface area contributed by atoms with E-state index in [9.17, 15) is 9.59 Å². The first-order chi connectivity index (χ1) is 10.4. The number of amides is 1. The van der Waals surface area contributed by atoms with Crippen LogP contribution in [0.25, 0.3) is 0 Å². The average Bonchev–Trinajstić information content (AvgIpc) is 2.85. The summed E-state index contributed by atoms with van der Waals surface area (Å²) in [6.45, 7) is 4.40.